The summed E-state index contributed by atoms with van der Waals surface area (Å²) in [5.41, 5.74) is 8.21. The van der Waals surface area contributed by atoms with Gasteiger partial charge in [-0.05, 0) is 79.5 Å². The number of nitrogens with zero attached hydrogens (tertiary/aromatic N) is 3. The first-order chi connectivity index (χ1) is 24.3. The summed E-state index contributed by atoms with van der Waals surface area (Å²) < 4.78 is 2.58. The molecule has 0 radical (unpaired) electrons. The first-order valence-corrected chi connectivity index (χ1v) is 17.3. The molecule has 49 heavy (non-hydrogen) atoms. The fraction of sp³-hybridized carbons (Fsp3) is 0. The average molecular weight is 640 g/mol. The standard InChI is InChI=1S/C45H25N3S/c1-2-11-28-23-29(20-19-26(28)9-1)43-46-44(48-45(47-43)35-17-7-12-27-10-3-4-13-31(27)35)30-21-22-40-37(24-30)39-25-38-33-15-6-5-14-32(33)34-16-8-18-36(41(34)38)42(39)49-40/h1-25H. The van der Waals surface area contributed by atoms with Gasteiger partial charge in [0.2, 0.25) is 0 Å². The molecule has 2 aromatic heterocycles. The zero-order valence-corrected chi connectivity index (χ0v) is 27.0. The van der Waals surface area contributed by atoms with Crippen molar-refractivity contribution in [3.05, 3.63) is 152 Å². The van der Waals surface area contributed by atoms with Crippen LogP contribution in [0.1, 0.15) is 0 Å². The van der Waals surface area contributed by atoms with E-state index < -0.39 is 0 Å². The highest BCUT2D eigenvalue weighted by Gasteiger charge is 2.24. The van der Waals surface area contributed by atoms with Crippen molar-refractivity contribution in [3.63, 3.8) is 0 Å². The predicted octanol–water partition coefficient (Wildman–Crippen LogP) is 12.3. The number of aromatic nitrogens is 3. The molecule has 0 N–H and O–H groups in total. The molecule has 226 valence electrons. The van der Waals surface area contributed by atoms with Gasteiger partial charge in [-0.3, -0.25) is 0 Å². The maximum atomic E-state index is 5.19. The zero-order chi connectivity index (χ0) is 32.1. The molecule has 0 atom stereocenters. The maximum Gasteiger partial charge on any atom is 0.164 e. The largest absolute Gasteiger partial charge is 0.208 e. The Kier molecular flexibility index (Phi) is 5.54. The molecule has 0 aliphatic heterocycles. The van der Waals surface area contributed by atoms with Gasteiger partial charge in [0.05, 0.1) is 0 Å². The minimum Gasteiger partial charge on any atom is -0.208 e. The van der Waals surface area contributed by atoms with Crippen molar-refractivity contribution >= 4 is 63.8 Å². The van der Waals surface area contributed by atoms with Gasteiger partial charge >= 0.3 is 0 Å². The lowest BCUT2D eigenvalue weighted by atomic mass is 9.99. The van der Waals surface area contributed by atoms with Gasteiger partial charge < -0.3 is 0 Å². The Labute approximate surface area is 285 Å². The van der Waals surface area contributed by atoms with E-state index in [2.05, 4.69) is 152 Å². The molecule has 0 unspecified atom stereocenters. The summed E-state index contributed by atoms with van der Waals surface area (Å²) in [7, 11) is 0. The summed E-state index contributed by atoms with van der Waals surface area (Å²) in [6, 6.07) is 54.2. The first kappa shape index (κ1) is 26.8. The van der Waals surface area contributed by atoms with Gasteiger partial charge in [-0.1, -0.05) is 121 Å². The van der Waals surface area contributed by atoms with Crippen LogP contribution >= 0.6 is 11.3 Å². The van der Waals surface area contributed by atoms with Crippen molar-refractivity contribution in [2.24, 2.45) is 0 Å². The average Bonchev–Trinajstić information content (AvgIpc) is 3.70. The third-order valence-corrected chi connectivity index (χ3v) is 11.3. The number of fused-ring (bicyclic) bond motifs is 9. The quantitative estimate of drug-likeness (QED) is 0.193. The van der Waals surface area contributed by atoms with Crippen LogP contribution in [0.2, 0.25) is 0 Å². The van der Waals surface area contributed by atoms with Gasteiger partial charge in [0.25, 0.3) is 0 Å². The van der Waals surface area contributed by atoms with E-state index in [1.165, 1.54) is 58.6 Å². The SMILES string of the molecule is c1ccc2c(c1)-c1cccc3c1c-2cc1c2cc(-c4nc(-c5ccc6ccccc6c5)nc(-c5cccc6ccccc56)n4)ccc2sc31. The molecule has 2 heterocycles. The van der Waals surface area contributed by atoms with Crippen LogP contribution in [0.15, 0.2) is 152 Å². The van der Waals surface area contributed by atoms with Crippen molar-refractivity contribution in [3.8, 4) is 56.4 Å². The Hall–Kier alpha value is -6.23. The summed E-state index contributed by atoms with van der Waals surface area (Å²) in [6.45, 7) is 0. The maximum absolute atomic E-state index is 5.19. The molecule has 1 aliphatic carbocycles. The van der Waals surface area contributed by atoms with Crippen LogP contribution in [0.25, 0.3) is 109 Å². The third kappa shape index (κ3) is 3.98. The Morgan fingerprint density at radius 3 is 1.84 bits per heavy atom. The lowest BCUT2D eigenvalue weighted by molar-refractivity contribution is 1.08. The summed E-state index contributed by atoms with van der Waals surface area (Å²) in [6.07, 6.45) is 0. The number of hydrogen-bond donors (Lipinski definition) is 0. The molecular formula is C45H25N3S. The highest BCUT2D eigenvalue weighted by molar-refractivity contribution is 7.26. The predicted molar refractivity (Wildman–Crippen MR) is 206 cm³/mol. The smallest absolute Gasteiger partial charge is 0.164 e. The number of hydrogen-bond acceptors (Lipinski definition) is 4. The molecule has 0 spiro atoms. The van der Waals surface area contributed by atoms with Crippen molar-refractivity contribution in [2.75, 3.05) is 0 Å². The topological polar surface area (TPSA) is 38.7 Å². The molecule has 0 saturated heterocycles. The Morgan fingerprint density at radius 1 is 0.347 bits per heavy atom. The number of rotatable bonds is 3. The molecule has 0 saturated carbocycles. The van der Waals surface area contributed by atoms with Crippen LogP contribution in [-0.4, -0.2) is 15.0 Å². The highest BCUT2D eigenvalue weighted by Crippen LogP contribution is 2.51. The first-order valence-electron chi connectivity index (χ1n) is 16.5. The van der Waals surface area contributed by atoms with Crippen LogP contribution in [0.4, 0.5) is 0 Å². The van der Waals surface area contributed by atoms with E-state index >= 15 is 0 Å². The molecule has 0 bridgehead atoms. The van der Waals surface area contributed by atoms with Crippen molar-refractivity contribution in [1.82, 2.24) is 15.0 Å². The molecule has 8 aromatic carbocycles. The molecule has 0 fully saturated rings. The van der Waals surface area contributed by atoms with E-state index in [9.17, 15) is 0 Å². The molecular weight excluding hydrogens is 615 g/mol. The summed E-state index contributed by atoms with van der Waals surface area (Å²) in [5, 5.41) is 9.81. The van der Waals surface area contributed by atoms with Gasteiger partial charge in [-0.2, -0.15) is 0 Å². The fourth-order valence-corrected chi connectivity index (χ4v) is 8.93. The Balaban J connectivity index is 1.16. The van der Waals surface area contributed by atoms with E-state index in [4.69, 9.17) is 15.0 Å². The third-order valence-electron chi connectivity index (χ3n) is 10.0. The van der Waals surface area contributed by atoms with Crippen LogP contribution in [-0.2, 0) is 0 Å². The van der Waals surface area contributed by atoms with Crippen molar-refractivity contribution in [2.45, 2.75) is 0 Å². The Morgan fingerprint density at radius 2 is 0.959 bits per heavy atom. The van der Waals surface area contributed by atoms with Crippen LogP contribution in [0.5, 0.6) is 0 Å². The summed E-state index contributed by atoms with van der Waals surface area (Å²) in [5.74, 6) is 2.00. The molecule has 0 amide bonds. The number of benzene rings is 8. The van der Waals surface area contributed by atoms with Gasteiger partial charge in [0.1, 0.15) is 0 Å². The second-order valence-corrected chi connectivity index (χ2v) is 13.8. The summed E-state index contributed by atoms with van der Waals surface area (Å²) in [4.78, 5) is 15.5. The van der Waals surface area contributed by atoms with Crippen LogP contribution in [0, 0.1) is 0 Å². The van der Waals surface area contributed by atoms with Gasteiger partial charge in [-0.25, -0.2) is 15.0 Å². The molecule has 3 nitrogen and oxygen atoms in total. The van der Waals surface area contributed by atoms with Gasteiger partial charge in [0, 0.05) is 42.2 Å². The van der Waals surface area contributed by atoms with Gasteiger partial charge in [0.15, 0.2) is 17.5 Å². The molecule has 1 aliphatic rings. The van der Waals surface area contributed by atoms with E-state index in [0.717, 1.165) is 32.8 Å². The molecule has 10 aromatic rings. The molecule has 4 heteroatoms. The van der Waals surface area contributed by atoms with Gasteiger partial charge in [-0.15, -0.1) is 11.3 Å². The zero-order valence-electron chi connectivity index (χ0n) is 26.2. The fourth-order valence-electron chi connectivity index (χ4n) is 7.74. The lowest BCUT2D eigenvalue weighted by Gasteiger charge is -2.11. The Bertz CT molecular complexity index is 3010. The minimum atomic E-state index is 0.664. The van der Waals surface area contributed by atoms with E-state index in [1.807, 2.05) is 11.3 Å². The van der Waals surface area contributed by atoms with E-state index in [1.54, 1.807) is 0 Å². The van der Waals surface area contributed by atoms with E-state index in [-0.39, 0.29) is 0 Å². The van der Waals surface area contributed by atoms with Crippen molar-refractivity contribution < 1.29 is 0 Å². The minimum absolute atomic E-state index is 0.664. The lowest BCUT2D eigenvalue weighted by Crippen LogP contribution is -2.00. The second-order valence-electron chi connectivity index (χ2n) is 12.8. The van der Waals surface area contributed by atoms with Crippen LogP contribution < -0.4 is 0 Å². The van der Waals surface area contributed by atoms with Crippen molar-refractivity contribution in [1.29, 1.82) is 0 Å². The molecule has 11 rings (SSSR count). The summed E-state index contributed by atoms with van der Waals surface area (Å²) >= 11 is 1.87. The second kappa shape index (κ2) is 10.1. The van der Waals surface area contributed by atoms with Crippen LogP contribution in [0.3, 0.4) is 0 Å². The monoisotopic (exact) mass is 639 g/mol. The normalized spacial score (nSPS) is 12.1. The highest BCUT2D eigenvalue weighted by atomic mass is 32.1. The van der Waals surface area contributed by atoms with E-state index in [0.29, 0.717) is 17.5 Å². The number of thiophene rings is 1.